The average molecular weight is 285 g/mol. The first-order valence-corrected chi connectivity index (χ1v) is 7.68. The van der Waals surface area contributed by atoms with E-state index in [1.807, 2.05) is 18.3 Å². The van der Waals surface area contributed by atoms with E-state index in [-0.39, 0.29) is 5.54 Å². The van der Waals surface area contributed by atoms with Crippen molar-refractivity contribution in [3.63, 3.8) is 0 Å². The van der Waals surface area contributed by atoms with Gasteiger partial charge in [-0.3, -0.25) is 9.88 Å². The Bertz CT molecular complexity index is 504. The summed E-state index contributed by atoms with van der Waals surface area (Å²) in [6.07, 6.45) is 10.9. The van der Waals surface area contributed by atoms with Crippen LogP contribution in [0.4, 0.5) is 0 Å². The number of pyridine rings is 1. The molecule has 0 amide bonds. The Kier molecular flexibility index (Phi) is 5.32. The van der Waals surface area contributed by atoms with E-state index in [0.717, 1.165) is 25.2 Å². The molecule has 21 heavy (non-hydrogen) atoms. The molecule has 1 atom stereocenters. The Morgan fingerprint density at radius 1 is 1.19 bits per heavy atom. The molecule has 0 radical (unpaired) electrons. The zero-order valence-corrected chi connectivity index (χ0v) is 13.7. The number of aromatic nitrogens is 1. The van der Waals surface area contributed by atoms with Crippen LogP contribution in [0.2, 0.25) is 0 Å². The quantitative estimate of drug-likeness (QED) is 0.801. The van der Waals surface area contributed by atoms with Crippen molar-refractivity contribution in [3.8, 4) is 0 Å². The maximum atomic E-state index is 4.43. The van der Waals surface area contributed by atoms with Crippen molar-refractivity contribution in [2.45, 2.75) is 25.3 Å². The monoisotopic (exact) mass is 285 g/mol. The highest BCUT2D eigenvalue weighted by atomic mass is 15.2. The molecule has 1 aliphatic carbocycles. The molecule has 0 saturated carbocycles. The maximum Gasteiger partial charge on any atom is 0.0698 e. The summed E-state index contributed by atoms with van der Waals surface area (Å²) in [7, 11) is 6.48. The van der Waals surface area contributed by atoms with Gasteiger partial charge in [0.25, 0.3) is 0 Å². The minimum atomic E-state index is 0.116. The van der Waals surface area contributed by atoms with Gasteiger partial charge in [-0.2, -0.15) is 0 Å². The minimum absolute atomic E-state index is 0.116. The molecule has 3 nitrogen and oxygen atoms in total. The molecule has 0 fully saturated rings. The van der Waals surface area contributed by atoms with Crippen LogP contribution in [0.1, 0.15) is 25.5 Å². The fourth-order valence-corrected chi connectivity index (χ4v) is 2.61. The topological polar surface area (TPSA) is 19.4 Å². The molecule has 1 heterocycles. The smallest absolute Gasteiger partial charge is 0.0698 e. The van der Waals surface area contributed by atoms with Crippen molar-refractivity contribution < 1.29 is 0 Å². The van der Waals surface area contributed by atoms with Crippen molar-refractivity contribution in [1.82, 2.24) is 14.8 Å². The highest BCUT2D eigenvalue weighted by molar-refractivity contribution is 5.73. The first-order valence-electron chi connectivity index (χ1n) is 7.68. The maximum absolute atomic E-state index is 4.43. The van der Waals surface area contributed by atoms with E-state index in [4.69, 9.17) is 0 Å². The third-order valence-corrected chi connectivity index (χ3v) is 4.29. The first-order chi connectivity index (χ1) is 10.0. The van der Waals surface area contributed by atoms with Crippen molar-refractivity contribution >= 4 is 5.57 Å². The molecule has 3 heteroatoms. The number of hydrogen-bond acceptors (Lipinski definition) is 3. The third kappa shape index (κ3) is 4.26. The van der Waals surface area contributed by atoms with Gasteiger partial charge in [-0.25, -0.2) is 0 Å². The Morgan fingerprint density at radius 3 is 2.57 bits per heavy atom. The SMILES string of the molecule is CN(C)CCCN(C)C1(C)C=CC(c2ccccn2)=CC1. The summed E-state index contributed by atoms with van der Waals surface area (Å²) in [6.45, 7) is 4.57. The number of hydrogen-bond donors (Lipinski definition) is 0. The van der Waals surface area contributed by atoms with Gasteiger partial charge in [-0.1, -0.05) is 24.3 Å². The van der Waals surface area contributed by atoms with Crippen molar-refractivity contribution in [3.05, 3.63) is 48.3 Å². The van der Waals surface area contributed by atoms with Gasteiger partial charge in [0.1, 0.15) is 0 Å². The van der Waals surface area contributed by atoms with Gasteiger partial charge in [0.2, 0.25) is 0 Å². The van der Waals surface area contributed by atoms with Crippen LogP contribution < -0.4 is 0 Å². The number of nitrogens with zero attached hydrogens (tertiary/aromatic N) is 3. The Hall–Kier alpha value is -1.45. The summed E-state index contributed by atoms with van der Waals surface area (Å²) in [5.41, 5.74) is 2.41. The van der Waals surface area contributed by atoms with Crippen LogP contribution in [0, 0.1) is 0 Å². The van der Waals surface area contributed by atoms with Crippen LogP contribution in [0.3, 0.4) is 0 Å². The highest BCUT2D eigenvalue weighted by Crippen LogP contribution is 2.29. The van der Waals surface area contributed by atoms with E-state index in [2.05, 4.69) is 67.1 Å². The van der Waals surface area contributed by atoms with E-state index in [0.29, 0.717) is 0 Å². The molecule has 0 aliphatic heterocycles. The molecular formula is C18H27N3. The molecule has 0 spiro atoms. The molecule has 0 aromatic carbocycles. The standard InChI is InChI=1S/C18H27N3/c1-18(21(4)15-7-14-20(2)3)11-9-16(10-12-18)17-8-5-6-13-19-17/h5-6,8-11,13H,7,12,14-15H2,1-4H3. The molecule has 0 bridgehead atoms. The van der Waals surface area contributed by atoms with Gasteiger partial charge in [0.15, 0.2) is 0 Å². The summed E-state index contributed by atoms with van der Waals surface area (Å²) in [5, 5.41) is 0. The Morgan fingerprint density at radius 2 is 2.00 bits per heavy atom. The number of allylic oxidation sites excluding steroid dienone is 2. The van der Waals surface area contributed by atoms with E-state index in [9.17, 15) is 0 Å². The average Bonchev–Trinajstić information content (AvgIpc) is 2.48. The largest absolute Gasteiger partial charge is 0.309 e. The second-order valence-corrected chi connectivity index (χ2v) is 6.35. The molecule has 114 valence electrons. The second-order valence-electron chi connectivity index (χ2n) is 6.35. The predicted octanol–water partition coefficient (Wildman–Crippen LogP) is 3.07. The molecule has 2 rings (SSSR count). The normalized spacial score (nSPS) is 21.9. The predicted molar refractivity (Wildman–Crippen MR) is 90.2 cm³/mol. The van der Waals surface area contributed by atoms with Gasteiger partial charge in [-0.15, -0.1) is 0 Å². The molecule has 1 unspecified atom stereocenters. The lowest BCUT2D eigenvalue weighted by Crippen LogP contribution is -2.43. The van der Waals surface area contributed by atoms with Crippen LogP contribution >= 0.6 is 0 Å². The van der Waals surface area contributed by atoms with Crippen molar-refractivity contribution in [1.29, 1.82) is 0 Å². The summed E-state index contributed by atoms with van der Waals surface area (Å²) in [4.78, 5) is 9.12. The molecular weight excluding hydrogens is 258 g/mol. The Balaban J connectivity index is 1.95. The van der Waals surface area contributed by atoms with Gasteiger partial charge in [-0.05, 0) is 71.7 Å². The lowest BCUT2D eigenvalue weighted by molar-refractivity contribution is 0.178. The minimum Gasteiger partial charge on any atom is -0.309 e. The number of likely N-dealkylation sites (N-methyl/N-ethyl adjacent to an activating group) is 1. The van der Waals surface area contributed by atoms with Crippen LogP contribution in [0.5, 0.6) is 0 Å². The van der Waals surface area contributed by atoms with Gasteiger partial charge < -0.3 is 4.90 Å². The van der Waals surface area contributed by atoms with E-state index >= 15 is 0 Å². The summed E-state index contributed by atoms with van der Waals surface area (Å²) in [5.74, 6) is 0. The van der Waals surface area contributed by atoms with Crippen LogP contribution in [0.25, 0.3) is 5.57 Å². The second kappa shape index (κ2) is 7.01. The van der Waals surface area contributed by atoms with Crippen LogP contribution in [-0.4, -0.2) is 54.6 Å². The zero-order valence-electron chi connectivity index (χ0n) is 13.7. The summed E-state index contributed by atoms with van der Waals surface area (Å²) >= 11 is 0. The zero-order chi connectivity index (χ0) is 15.3. The molecule has 1 aromatic heterocycles. The van der Waals surface area contributed by atoms with Crippen molar-refractivity contribution in [2.75, 3.05) is 34.2 Å². The summed E-state index contributed by atoms with van der Waals surface area (Å²) < 4.78 is 0. The lowest BCUT2D eigenvalue weighted by atomic mass is 9.88. The molecule has 0 N–H and O–H groups in total. The summed E-state index contributed by atoms with van der Waals surface area (Å²) in [6, 6.07) is 6.07. The van der Waals surface area contributed by atoms with Crippen LogP contribution in [-0.2, 0) is 0 Å². The molecule has 0 saturated heterocycles. The third-order valence-electron chi connectivity index (χ3n) is 4.29. The molecule has 1 aliphatic rings. The van der Waals surface area contributed by atoms with Crippen LogP contribution in [0.15, 0.2) is 42.6 Å². The number of rotatable bonds is 6. The van der Waals surface area contributed by atoms with Gasteiger partial charge >= 0.3 is 0 Å². The first kappa shape index (κ1) is 15.9. The fourth-order valence-electron chi connectivity index (χ4n) is 2.61. The molecule has 1 aromatic rings. The van der Waals surface area contributed by atoms with Gasteiger partial charge in [0.05, 0.1) is 5.69 Å². The van der Waals surface area contributed by atoms with E-state index in [1.165, 1.54) is 12.0 Å². The van der Waals surface area contributed by atoms with Crippen molar-refractivity contribution in [2.24, 2.45) is 0 Å². The lowest BCUT2D eigenvalue weighted by Gasteiger charge is -2.38. The highest BCUT2D eigenvalue weighted by Gasteiger charge is 2.27. The van der Waals surface area contributed by atoms with E-state index in [1.54, 1.807) is 0 Å². The van der Waals surface area contributed by atoms with E-state index < -0.39 is 0 Å². The van der Waals surface area contributed by atoms with Gasteiger partial charge in [0, 0.05) is 11.7 Å². The Labute approximate surface area is 129 Å². The fraction of sp³-hybridized carbons (Fsp3) is 0.500.